The summed E-state index contributed by atoms with van der Waals surface area (Å²) < 4.78 is 10.3. The molecule has 1 aromatic heterocycles. The quantitative estimate of drug-likeness (QED) is 0.435. The van der Waals surface area contributed by atoms with Crippen LogP contribution < -0.4 is 10.1 Å². The molecule has 1 N–H and O–H groups in total. The van der Waals surface area contributed by atoms with Crippen LogP contribution in [0.15, 0.2) is 59.6 Å². The van der Waals surface area contributed by atoms with Gasteiger partial charge in [-0.2, -0.15) is 0 Å². The normalized spacial score (nSPS) is 10.8. The second kappa shape index (κ2) is 10.1. The number of nitrogens with one attached hydrogen (secondary N) is 1. The number of amides is 1. The van der Waals surface area contributed by atoms with E-state index in [0.29, 0.717) is 18.9 Å². The Labute approximate surface area is 169 Å². The Balaban J connectivity index is 1.83. The number of carbonyl (C=O) groups is 1. The average Bonchev–Trinajstić information content (AvgIpc) is 2.74. The number of carbonyl (C=O) groups excluding carboxylic acids is 1. The van der Waals surface area contributed by atoms with Crippen molar-refractivity contribution in [1.82, 2.24) is 10.3 Å². The molecule has 3 rings (SSSR count). The lowest BCUT2D eigenvalue weighted by Gasteiger charge is -2.11. The maximum atomic E-state index is 12.1. The number of pyridine rings is 1. The molecular weight excluding hydrogens is 372 g/mol. The molecule has 0 saturated heterocycles. The van der Waals surface area contributed by atoms with Gasteiger partial charge in [-0.25, -0.2) is 4.98 Å². The molecule has 28 heavy (non-hydrogen) atoms. The molecule has 0 fully saturated rings. The molecule has 0 saturated carbocycles. The van der Waals surface area contributed by atoms with Crippen LogP contribution in [-0.4, -0.2) is 44.0 Å². The molecular formula is C22H24N2O3S. The zero-order chi connectivity index (χ0) is 19.8. The molecule has 3 aromatic rings. The lowest BCUT2D eigenvalue weighted by molar-refractivity contribution is -0.118. The zero-order valence-corrected chi connectivity index (χ0v) is 16.9. The van der Waals surface area contributed by atoms with Crippen molar-refractivity contribution in [2.24, 2.45) is 0 Å². The first kappa shape index (κ1) is 20.2. The van der Waals surface area contributed by atoms with Gasteiger partial charge in [-0.1, -0.05) is 42.1 Å². The third kappa shape index (κ3) is 5.24. The Kier molecular flexibility index (Phi) is 7.28. The van der Waals surface area contributed by atoms with Crippen LogP contribution in [0.4, 0.5) is 0 Å². The molecule has 0 aliphatic carbocycles. The van der Waals surface area contributed by atoms with Gasteiger partial charge in [0.1, 0.15) is 5.75 Å². The highest BCUT2D eigenvalue weighted by Gasteiger charge is 2.11. The van der Waals surface area contributed by atoms with Gasteiger partial charge in [0.2, 0.25) is 5.91 Å². The van der Waals surface area contributed by atoms with Crippen LogP contribution in [0.1, 0.15) is 6.42 Å². The fourth-order valence-electron chi connectivity index (χ4n) is 2.88. The van der Waals surface area contributed by atoms with E-state index in [2.05, 4.69) is 17.4 Å². The minimum absolute atomic E-state index is 0.00472. The lowest BCUT2D eigenvalue weighted by Crippen LogP contribution is -2.26. The Morgan fingerprint density at radius 3 is 2.68 bits per heavy atom. The van der Waals surface area contributed by atoms with Gasteiger partial charge in [0.05, 0.1) is 23.4 Å². The fourth-order valence-corrected chi connectivity index (χ4v) is 3.62. The second-order valence-corrected chi connectivity index (χ2v) is 7.24. The number of hydrogen-bond donors (Lipinski definition) is 1. The Bertz CT molecular complexity index is 932. The second-order valence-electron chi connectivity index (χ2n) is 6.24. The molecule has 0 bridgehead atoms. The van der Waals surface area contributed by atoms with E-state index in [1.807, 2.05) is 42.5 Å². The predicted octanol–water partition coefficient (Wildman–Crippen LogP) is 4.16. The number of nitrogens with zero attached hydrogens (tertiary/aromatic N) is 1. The summed E-state index contributed by atoms with van der Waals surface area (Å²) in [5.41, 5.74) is 3.06. The number of fused-ring (bicyclic) bond motifs is 1. The summed E-state index contributed by atoms with van der Waals surface area (Å²) in [6.45, 7) is 1.26. The molecule has 5 nitrogen and oxygen atoms in total. The van der Waals surface area contributed by atoms with Gasteiger partial charge in [-0.05, 0) is 35.7 Å². The van der Waals surface area contributed by atoms with E-state index in [9.17, 15) is 4.79 Å². The van der Waals surface area contributed by atoms with Crippen LogP contribution in [0.2, 0.25) is 0 Å². The van der Waals surface area contributed by atoms with Crippen molar-refractivity contribution in [2.75, 3.05) is 33.1 Å². The van der Waals surface area contributed by atoms with Crippen molar-refractivity contribution in [3.8, 4) is 16.9 Å². The summed E-state index contributed by atoms with van der Waals surface area (Å²) in [6, 6.07) is 18.1. The van der Waals surface area contributed by atoms with Gasteiger partial charge in [-0.3, -0.25) is 4.79 Å². The highest BCUT2D eigenvalue weighted by molar-refractivity contribution is 7.99. The number of rotatable bonds is 9. The van der Waals surface area contributed by atoms with Gasteiger partial charge in [-0.15, -0.1) is 0 Å². The van der Waals surface area contributed by atoms with Crippen molar-refractivity contribution in [1.29, 1.82) is 0 Å². The van der Waals surface area contributed by atoms with E-state index >= 15 is 0 Å². The number of thioether (sulfide) groups is 1. The van der Waals surface area contributed by atoms with Gasteiger partial charge in [0, 0.05) is 31.7 Å². The molecule has 0 unspecified atom stereocenters. The van der Waals surface area contributed by atoms with Crippen molar-refractivity contribution < 1.29 is 14.3 Å². The van der Waals surface area contributed by atoms with Crippen LogP contribution in [0.5, 0.6) is 5.75 Å². The van der Waals surface area contributed by atoms with E-state index in [1.165, 1.54) is 11.8 Å². The summed E-state index contributed by atoms with van der Waals surface area (Å²) in [5.74, 6) is 1.08. The molecule has 1 amide bonds. The third-order valence-corrected chi connectivity index (χ3v) is 5.19. The van der Waals surface area contributed by atoms with Crippen molar-refractivity contribution in [3.05, 3.63) is 54.6 Å². The minimum Gasteiger partial charge on any atom is -0.497 e. The van der Waals surface area contributed by atoms with Crippen LogP contribution >= 0.6 is 11.8 Å². The summed E-state index contributed by atoms with van der Waals surface area (Å²) >= 11 is 1.43. The monoisotopic (exact) mass is 396 g/mol. The summed E-state index contributed by atoms with van der Waals surface area (Å²) in [4.78, 5) is 16.8. The topological polar surface area (TPSA) is 60.5 Å². The van der Waals surface area contributed by atoms with Crippen LogP contribution in [0, 0.1) is 0 Å². The minimum atomic E-state index is -0.00472. The average molecular weight is 397 g/mol. The molecule has 146 valence electrons. The SMILES string of the molecule is COCCCNC(=O)CSc1cc(-c2ccccc2)c2ccc(OC)cc2n1. The van der Waals surface area contributed by atoms with Crippen LogP contribution in [0.3, 0.4) is 0 Å². The standard InChI is InChI=1S/C22H24N2O3S/c1-26-12-6-11-23-21(25)15-28-22-14-19(16-7-4-3-5-8-16)18-10-9-17(27-2)13-20(18)24-22/h3-5,7-10,13-14H,6,11-12,15H2,1-2H3,(H,23,25). The largest absolute Gasteiger partial charge is 0.497 e. The lowest BCUT2D eigenvalue weighted by atomic mass is 10.0. The highest BCUT2D eigenvalue weighted by atomic mass is 32.2. The molecule has 1 heterocycles. The van der Waals surface area contributed by atoms with Gasteiger partial charge in [0.25, 0.3) is 0 Å². The first-order chi connectivity index (χ1) is 13.7. The zero-order valence-electron chi connectivity index (χ0n) is 16.1. The summed E-state index contributed by atoms with van der Waals surface area (Å²) in [5, 5.41) is 4.77. The Morgan fingerprint density at radius 1 is 1.11 bits per heavy atom. The number of hydrogen-bond acceptors (Lipinski definition) is 5. The Hall–Kier alpha value is -2.57. The predicted molar refractivity (Wildman–Crippen MR) is 114 cm³/mol. The number of aromatic nitrogens is 1. The number of ether oxygens (including phenoxy) is 2. The molecule has 0 atom stereocenters. The summed E-state index contributed by atoms with van der Waals surface area (Å²) in [7, 11) is 3.30. The smallest absolute Gasteiger partial charge is 0.230 e. The number of benzene rings is 2. The highest BCUT2D eigenvalue weighted by Crippen LogP contribution is 2.33. The molecule has 0 radical (unpaired) electrons. The number of methoxy groups -OCH3 is 2. The third-order valence-electron chi connectivity index (χ3n) is 4.28. The molecule has 0 spiro atoms. The fraction of sp³-hybridized carbons (Fsp3) is 0.273. The van der Waals surface area contributed by atoms with E-state index in [-0.39, 0.29) is 5.91 Å². The van der Waals surface area contributed by atoms with Crippen LogP contribution in [-0.2, 0) is 9.53 Å². The maximum Gasteiger partial charge on any atom is 0.230 e. The van der Waals surface area contributed by atoms with Gasteiger partial charge in [0.15, 0.2) is 0 Å². The van der Waals surface area contributed by atoms with Gasteiger partial charge >= 0.3 is 0 Å². The first-order valence-electron chi connectivity index (χ1n) is 9.14. The maximum absolute atomic E-state index is 12.1. The van der Waals surface area contributed by atoms with Crippen molar-refractivity contribution >= 4 is 28.6 Å². The molecule has 0 aliphatic rings. The van der Waals surface area contributed by atoms with E-state index in [1.54, 1.807) is 14.2 Å². The molecule has 2 aromatic carbocycles. The van der Waals surface area contributed by atoms with Crippen molar-refractivity contribution in [3.63, 3.8) is 0 Å². The van der Waals surface area contributed by atoms with Gasteiger partial charge < -0.3 is 14.8 Å². The summed E-state index contributed by atoms with van der Waals surface area (Å²) in [6.07, 6.45) is 0.805. The van der Waals surface area contributed by atoms with E-state index in [4.69, 9.17) is 14.5 Å². The Morgan fingerprint density at radius 2 is 1.93 bits per heavy atom. The van der Waals surface area contributed by atoms with Crippen molar-refractivity contribution in [2.45, 2.75) is 11.4 Å². The van der Waals surface area contributed by atoms with E-state index < -0.39 is 0 Å². The molecule has 0 aliphatic heterocycles. The molecule has 6 heteroatoms. The first-order valence-corrected chi connectivity index (χ1v) is 10.1. The van der Waals surface area contributed by atoms with Crippen LogP contribution in [0.25, 0.3) is 22.0 Å². The van der Waals surface area contributed by atoms with E-state index in [0.717, 1.165) is 39.2 Å².